The third-order valence-corrected chi connectivity index (χ3v) is 24.9. The molecule has 2 saturated carbocycles. The Balaban J connectivity index is 0.000000112. The minimum absolute atomic E-state index is 0.00665. The molecular formula is C77H102N4O5. The quantitative estimate of drug-likeness (QED) is 0.107. The average molecular weight is 1160 g/mol. The third kappa shape index (κ3) is 11.5. The highest BCUT2D eigenvalue weighted by Gasteiger charge is 2.54. The second kappa shape index (κ2) is 23.8. The van der Waals surface area contributed by atoms with E-state index in [0.717, 1.165) is 87.9 Å². The Labute approximate surface area is 515 Å². The molecule has 6 aliphatic carbocycles. The van der Waals surface area contributed by atoms with Crippen LogP contribution in [0.5, 0.6) is 23.0 Å². The molecular weight excluding hydrogens is 1060 g/mol. The van der Waals surface area contributed by atoms with E-state index in [1.165, 1.54) is 109 Å². The number of allylic oxidation sites excluding steroid dienone is 1. The fourth-order valence-electron chi connectivity index (χ4n) is 18.1. The van der Waals surface area contributed by atoms with Gasteiger partial charge in [-0.3, -0.25) is 24.4 Å². The van der Waals surface area contributed by atoms with E-state index in [2.05, 4.69) is 143 Å². The predicted molar refractivity (Wildman–Crippen MR) is 349 cm³/mol. The number of phenols is 4. The smallest absolute Gasteiger partial charge is 0.180 e. The van der Waals surface area contributed by atoms with Crippen molar-refractivity contribution in [1.29, 1.82) is 0 Å². The molecule has 4 unspecified atom stereocenters. The molecule has 9 nitrogen and oxygen atoms in total. The molecule has 6 fully saturated rings. The summed E-state index contributed by atoms with van der Waals surface area (Å²) in [5, 5.41) is 39.5. The van der Waals surface area contributed by atoms with Crippen LogP contribution in [0.1, 0.15) is 175 Å². The van der Waals surface area contributed by atoms with Crippen LogP contribution < -0.4 is 0 Å². The SMILES string of the molecule is CC(C)=CCN1CC[C@@]2(C)c3cc(O)ccc3CC1[C@@H]2C.CC1[C@H]2C(=O)c3ccc(O)cc3[C@]1(C)CCN2CC1CC1.C[C@H]1C2Cc3ccc(O)cc3[C@]1(C)CCN2CC1CC1.C[C@H]1C2Cc3ccc(O)cc3[C@]1(C)CCN2CCc1ccccc1. The average Bonchev–Trinajstić information content (AvgIpc) is 2.23. The van der Waals surface area contributed by atoms with Gasteiger partial charge in [-0.2, -0.15) is 0 Å². The highest BCUT2D eigenvalue weighted by Crippen LogP contribution is 2.54. The lowest BCUT2D eigenvalue weighted by Crippen LogP contribution is -2.61. The summed E-state index contributed by atoms with van der Waals surface area (Å²) in [6.07, 6.45) is 17.1. The normalized spacial score (nSPS) is 33.1. The summed E-state index contributed by atoms with van der Waals surface area (Å²) in [4.78, 5) is 23.5. The molecule has 5 aromatic rings. The molecule has 9 heteroatoms. The van der Waals surface area contributed by atoms with Crippen LogP contribution in [0, 0.1) is 35.5 Å². The zero-order chi connectivity index (χ0) is 60.6. The molecule has 4 N–H and O–H groups in total. The van der Waals surface area contributed by atoms with Gasteiger partial charge in [-0.25, -0.2) is 0 Å². The van der Waals surface area contributed by atoms with Crippen LogP contribution in [0.15, 0.2) is 115 Å². The first kappa shape index (κ1) is 60.8. The van der Waals surface area contributed by atoms with Crippen molar-refractivity contribution in [2.24, 2.45) is 35.5 Å². The molecule has 10 aliphatic rings. The van der Waals surface area contributed by atoms with Crippen LogP contribution in [0.4, 0.5) is 0 Å². The predicted octanol–water partition coefficient (Wildman–Crippen LogP) is 14.3. The van der Waals surface area contributed by atoms with Gasteiger partial charge in [-0.05, 0) is 273 Å². The van der Waals surface area contributed by atoms with Crippen LogP contribution in [0.2, 0.25) is 0 Å². The van der Waals surface area contributed by atoms with E-state index in [1.54, 1.807) is 6.07 Å². The van der Waals surface area contributed by atoms with E-state index in [0.29, 0.717) is 59.0 Å². The number of piperidine rings is 4. The summed E-state index contributed by atoms with van der Waals surface area (Å²) in [7, 11) is 0. The van der Waals surface area contributed by atoms with Gasteiger partial charge in [0.2, 0.25) is 0 Å². The van der Waals surface area contributed by atoms with E-state index >= 15 is 0 Å². The molecule has 4 aliphatic heterocycles. The van der Waals surface area contributed by atoms with Crippen molar-refractivity contribution in [1.82, 2.24) is 19.6 Å². The van der Waals surface area contributed by atoms with Crippen LogP contribution in [-0.2, 0) is 47.3 Å². The summed E-state index contributed by atoms with van der Waals surface area (Å²) in [6, 6.07) is 36.1. The Morgan fingerprint density at radius 1 is 0.488 bits per heavy atom. The second-order valence-electron chi connectivity index (χ2n) is 30.1. The molecule has 5 aromatic carbocycles. The molecule has 0 radical (unpaired) electrons. The maximum absolute atomic E-state index is 13.0. The number of fused-ring (bicyclic) bond motifs is 16. The van der Waals surface area contributed by atoms with E-state index in [1.807, 2.05) is 48.5 Å². The number of nitrogens with zero attached hydrogens (tertiary/aromatic N) is 4. The lowest BCUT2D eigenvalue weighted by atomic mass is 9.58. The topological polar surface area (TPSA) is 111 Å². The van der Waals surface area contributed by atoms with Crippen LogP contribution in [-0.4, -0.2) is 122 Å². The van der Waals surface area contributed by atoms with E-state index < -0.39 is 0 Å². The monoisotopic (exact) mass is 1160 g/mol. The molecule has 4 heterocycles. The van der Waals surface area contributed by atoms with Gasteiger partial charge in [0.25, 0.3) is 0 Å². The lowest BCUT2D eigenvalue weighted by molar-refractivity contribution is 0.0265. The Hall–Kier alpha value is -5.45. The first-order chi connectivity index (χ1) is 41.1. The molecule has 0 amide bonds. The fraction of sp³-hybridized carbons (Fsp3) is 0.571. The van der Waals surface area contributed by atoms with Crippen molar-refractivity contribution in [3.63, 3.8) is 0 Å². The van der Waals surface area contributed by atoms with Gasteiger partial charge >= 0.3 is 0 Å². The Kier molecular flexibility index (Phi) is 16.8. The number of hydrogen-bond donors (Lipinski definition) is 4. The summed E-state index contributed by atoms with van der Waals surface area (Å²) < 4.78 is 0. The zero-order valence-corrected chi connectivity index (χ0v) is 53.8. The van der Waals surface area contributed by atoms with Crippen LogP contribution in [0.25, 0.3) is 0 Å². The van der Waals surface area contributed by atoms with Gasteiger partial charge in [-0.15, -0.1) is 0 Å². The Morgan fingerprint density at radius 2 is 0.884 bits per heavy atom. The molecule has 12 atom stereocenters. The number of rotatable bonds is 9. The number of likely N-dealkylation sites (tertiary alicyclic amines) is 4. The van der Waals surface area contributed by atoms with E-state index in [9.17, 15) is 25.2 Å². The standard InChI is InChI=1S/C22H27NO.C19H27NO.C18H23NO2.C18H25NO/c1-16-21-14-18-8-9-19(24)15-20(18)22(16,2)11-13-23(21)12-10-17-6-4-3-5-7-17;1-13(2)7-9-20-10-8-19(4)14(3)18(20)11-15-5-6-16(21)12-17(15)19;1-11-16-17(21)14-6-5-13(20)9-15(14)18(11,2)7-8-19(16)10-12-3-4-12;1-12-17-9-14-5-6-15(20)10-16(14)18(12,2)7-8-19(17)11-13-3-4-13/h3-9,15-16,21,24H,10-14H2,1-2H3;5-7,12,14,18,21H,8-11H2,1-4H3;5-6,9,11-12,16,20H,3-4,7-8,10H2,1-2H3;5-6,10,12-13,17,20H,3-4,7-9,11H2,1-2H3/t16-,21?,22+;14-,18?,19+;11?,16-,18+;12-,17?,18+/m0000/s1. The van der Waals surface area contributed by atoms with Gasteiger partial charge in [-0.1, -0.05) is 116 Å². The summed E-state index contributed by atoms with van der Waals surface area (Å²) in [6.45, 7) is 32.4. The first-order valence-electron chi connectivity index (χ1n) is 33.6. The van der Waals surface area contributed by atoms with Gasteiger partial charge < -0.3 is 20.4 Å². The zero-order valence-electron chi connectivity index (χ0n) is 53.8. The van der Waals surface area contributed by atoms with Crippen molar-refractivity contribution >= 4 is 5.78 Å². The van der Waals surface area contributed by atoms with Crippen LogP contribution >= 0.6 is 0 Å². The maximum Gasteiger partial charge on any atom is 0.180 e. The van der Waals surface area contributed by atoms with Gasteiger partial charge in [0, 0.05) is 49.9 Å². The highest BCUT2D eigenvalue weighted by molar-refractivity contribution is 6.03. The molecule has 0 aromatic heterocycles. The number of carbonyl (C=O) groups excluding carboxylic acids is 1. The molecule has 4 saturated heterocycles. The third-order valence-electron chi connectivity index (χ3n) is 24.9. The molecule has 86 heavy (non-hydrogen) atoms. The number of aromatic hydroxyl groups is 4. The number of ketones is 1. The minimum Gasteiger partial charge on any atom is -0.508 e. The largest absolute Gasteiger partial charge is 0.508 e. The van der Waals surface area contributed by atoms with Crippen LogP contribution in [0.3, 0.4) is 0 Å². The number of phenolic OH excluding ortho intramolecular Hbond substituents is 4. The number of benzene rings is 5. The molecule has 460 valence electrons. The molecule has 15 rings (SSSR count). The van der Waals surface area contributed by atoms with Gasteiger partial charge in [0.15, 0.2) is 5.78 Å². The summed E-state index contributed by atoms with van der Waals surface area (Å²) in [5.41, 5.74) is 13.9. The van der Waals surface area contributed by atoms with Crippen molar-refractivity contribution < 1.29 is 25.2 Å². The highest BCUT2D eigenvalue weighted by atomic mass is 16.3. The fourth-order valence-corrected chi connectivity index (χ4v) is 18.1. The maximum atomic E-state index is 13.0. The van der Waals surface area contributed by atoms with Crippen molar-refractivity contribution in [3.8, 4) is 23.0 Å². The van der Waals surface area contributed by atoms with Gasteiger partial charge in [0.05, 0.1) is 6.04 Å². The Morgan fingerprint density at radius 3 is 1.36 bits per heavy atom. The number of hydrogen-bond acceptors (Lipinski definition) is 9. The van der Waals surface area contributed by atoms with Gasteiger partial charge in [0.1, 0.15) is 23.0 Å². The van der Waals surface area contributed by atoms with E-state index in [-0.39, 0.29) is 39.2 Å². The van der Waals surface area contributed by atoms with Crippen molar-refractivity contribution in [3.05, 3.63) is 165 Å². The number of carbonyl (C=O) groups is 1. The Bertz CT molecular complexity index is 3310. The number of Topliss-reactive ketones (excluding diaryl/α,β-unsaturated/α-hetero) is 1. The van der Waals surface area contributed by atoms with Crippen molar-refractivity contribution in [2.75, 3.05) is 52.4 Å². The summed E-state index contributed by atoms with van der Waals surface area (Å²) >= 11 is 0. The summed E-state index contributed by atoms with van der Waals surface area (Å²) in [5.74, 6) is 5.82. The molecule has 0 spiro atoms. The molecule has 8 bridgehead atoms. The van der Waals surface area contributed by atoms with Crippen molar-refractivity contribution in [2.45, 2.75) is 192 Å². The van der Waals surface area contributed by atoms with E-state index in [4.69, 9.17) is 0 Å². The lowest BCUT2D eigenvalue weighted by Gasteiger charge is -2.54. The minimum atomic E-state index is 0.00665. The first-order valence-corrected chi connectivity index (χ1v) is 33.6. The second-order valence-corrected chi connectivity index (χ2v) is 30.1.